The molecule has 7 rings (SSSR count). The molecule has 2 aliphatic heterocycles. The average Bonchev–Trinajstić information content (AvgIpc) is 3.54. The Labute approximate surface area is 285 Å². The van der Waals surface area contributed by atoms with Crippen LogP contribution in [0, 0.1) is 11.7 Å². The van der Waals surface area contributed by atoms with Gasteiger partial charge in [0.15, 0.2) is 0 Å². The number of nitrogens with zero attached hydrogens (tertiary/aromatic N) is 1. The number of ether oxygens (including phenoxy) is 1. The van der Waals surface area contributed by atoms with E-state index in [0.29, 0.717) is 29.9 Å². The number of aromatic nitrogens is 1. The number of aromatic amines is 1. The second kappa shape index (κ2) is 13.6. The number of H-pyrrole nitrogens is 1. The van der Waals surface area contributed by atoms with Gasteiger partial charge >= 0.3 is 6.09 Å². The van der Waals surface area contributed by atoms with E-state index in [1.165, 1.54) is 12.1 Å². The minimum absolute atomic E-state index is 0. The molecular formula is C38H40ClFN4O4. The van der Waals surface area contributed by atoms with E-state index < -0.39 is 17.6 Å². The van der Waals surface area contributed by atoms with E-state index in [2.05, 4.69) is 39.9 Å². The van der Waals surface area contributed by atoms with Crippen LogP contribution in [-0.4, -0.2) is 49.3 Å². The predicted octanol–water partition coefficient (Wildman–Crippen LogP) is 6.06. The first-order valence-electron chi connectivity index (χ1n) is 16.3. The van der Waals surface area contributed by atoms with Gasteiger partial charge in [-0.3, -0.25) is 9.59 Å². The number of pyridine rings is 1. The minimum atomic E-state index is -0.804. The smallest absolute Gasteiger partial charge is 0.407 e. The van der Waals surface area contributed by atoms with Crippen molar-refractivity contribution in [1.82, 2.24) is 15.6 Å². The summed E-state index contributed by atoms with van der Waals surface area (Å²) in [6.45, 7) is 5.99. The summed E-state index contributed by atoms with van der Waals surface area (Å²) in [6.07, 6.45) is 1.12. The Morgan fingerprint density at radius 3 is 2.25 bits per heavy atom. The van der Waals surface area contributed by atoms with Crippen LogP contribution in [0.2, 0.25) is 0 Å². The lowest BCUT2D eigenvalue weighted by molar-refractivity contribution is -0.122. The second-order valence-corrected chi connectivity index (χ2v) is 13.5. The monoisotopic (exact) mass is 670 g/mol. The number of alkyl carbamates (subject to hydrolysis) is 1. The van der Waals surface area contributed by atoms with Crippen molar-refractivity contribution in [1.29, 1.82) is 0 Å². The molecule has 1 atom stereocenters. The highest BCUT2D eigenvalue weighted by atomic mass is 35.5. The van der Waals surface area contributed by atoms with Crippen LogP contribution in [0.3, 0.4) is 0 Å². The summed E-state index contributed by atoms with van der Waals surface area (Å²) in [5, 5.41) is 6.33. The van der Waals surface area contributed by atoms with Crippen LogP contribution >= 0.6 is 12.4 Å². The maximum atomic E-state index is 14.5. The van der Waals surface area contributed by atoms with Crippen molar-refractivity contribution in [2.75, 3.05) is 31.1 Å². The molecular weight excluding hydrogens is 631 g/mol. The number of piperidine rings is 1. The van der Waals surface area contributed by atoms with Crippen molar-refractivity contribution >= 4 is 30.1 Å². The Kier molecular flexibility index (Phi) is 9.45. The van der Waals surface area contributed by atoms with Crippen LogP contribution in [0.4, 0.5) is 14.9 Å². The van der Waals surface area contributed by atoms with Crippen molar-refractivity contribution in [3.63, 3.8) is 0 Å². The highest BCUT2D eigenvalue weighted by Gasteiger charge is 2.44. The van der Waals surface area contributed by atoms with E-state index in [-0.39, 0.29) is 48.1 Å². The molecule has 250 valence electrons. The molecule has 8 nitrogen and oxygen atoms in total. The van der Waals surface area contributed by atoms with Gasteiger partial charge in [0.1, 0.15) is 18.5 Å². The standard InChI is InChI=1S/C38H39FN4O4.ClH/c1-38(2)22-43(32-20-25(35(44)42-34(32)38)19-23-11-13-26(39)14-12-23)36(45)33(24-15-17-40-18-16-24)41-37(46)47-21-31-29-9-5-3-7-27(29)28-8-4-6-10-30(28)31;/h3-14,20,24,31,33,40H,15-19,21-22H2,1-2H3,(H,41,46)(H,42,44);1H/t33-;/m0./s1. The highest BCUT2D eigenvalue weighted by molar-refractivity contribution is 6.01. The number of anilines is 1. The van der Waals surface area contributed by atoms with Crippen molar-refractivity contribution < 1.29 is 18.7 Å². The molecule has 0 unspecified atom stereocenters. The Morgan fingerprint density at radius 1 is 0.979 bits per heavy atom. The Balaban J connectivity index is 0.00000401. The zero-order valence-electron chi connectivity index (χ0n) is 27.1. The fourth-order valence-electron chi connectivity index (χ4n) is 7.49. The minimum Gasteiger partial charge on any atom is -0.449 e. The third kappa shape index (κ3) is 6.36. The summed E-state index contributed by atoms with van der Waals surface area (Å²) in [6, 6.07) is 23.4. The van der Waals surface area contributed by atoms with Crippen LogP contribution in [0.5, 0.6) is 0 Å². The molecule has 3 aliphatic rings. The largest absolute Gasteiger partial charge is 0.449 e. The van der Waals surface area contributed by atoms with Crippen molar-refractivity contribution in [3.05, 3.63) is 123 Å². The van der Waals surface area contributed by atoms with Gasteiger partial charge in [0.05, 0.1) is 5.69 Å². The number of hydrogen-bond donors (Lipinski definition) is 3. The zero-order valence-corrected chi connectivity index (χ0v) is 27.9. The van der Waals surface area contributed by atoms with Gasteiger partial charge in [-0.15, -0.1) is 12.4 Å². The molecule has 0 spiro atoms. The first-order valence-corrected chi connectivity index (χ1v) is 16.3. The van der Waals surface area contributed by atoms with Gasteiger partial charge in [-0.1, -0.05) is 74.5 Å². The van der Waals surface area contributed by atoms with E-state index in [1.807, 2.05) is 38.1 Å². The molecule has 3 heterocycles. The summed E-state index contributed by atoms with van der Waals surface area (Å²) >= 11 is 0. The second-order valence-electron chi connectivity index (χ2n) is 13.5. The van der Waals surface area contributed by atoms with Gasteiger partial charge in [0, 0.05) is 35.6 Å². The molecule has 0 bridgehead atoms. The van der Waals surface area contributed by atoms with Gasteiger partial charge in [-0.2, -0.15) is 0 Å². The third-order valence-electron chi connectivity index (χ3n) is 9.93. The molecule has 4 aromatic rings. The van der Waals surface area contributed by atoms with E-state index in [1.54, 1.807) is 23.1 Å². The molecule has 0 radical (unpaired) electrons. The van der Waals surface area contributed by atoms with E-state index in [4.69, 9.17) is 4.74 Å². The van der Waals surface area contributed by atoms with Gasteiger partial charge in [0.25, 0.3) is 5.56 Å². The van der Waals surface area contributed by atoms with Crippen molar-refractivity contribution in [2.24, 2.45) is 5.92 Å². The molecule has 0 saturated carbocycles. The lowest BCUT2D eigenvalue weighted by Crippen LogP contribution is -2.54. The number of amides is 2. The average molecular weight is 671 g/mol. The fraction of sp³-hybridized carbons (Fsp3) is 0.342. The molecule has 1 aliphatic carbocycles. The van der Waals surface area contributed by atoms with Gasteiger partial charge < -0.3 is 25.3 Å². The van der Waals surface area contributed by atoms with Crippen LogP contribution in [-0.2, 0) is 21.4 Å². The van der Waals surface area contributed by atoms with Crippen LogP contribution in [0.1, 0.15) is 60.6 Å². The molecule has 10 heteroatoms. The summed E-state index contributed by atoms with van der Waals surface area (Å²) in [5.74, 6) is -0.748. The Morgan fingerprint density at radius 2 is 1.60 bits per heavy atom. The summed E-state index contributed by atoms with van der Waals surface area (Å²) in [5.41, 5.74) is 6.36. The summed E-state index contributed by atoms with van der Waals surface area (Å²) < 4.78 is 19.4. The SMILES string of the molecule is CC1(C)CN(C(=O)[C@@H](NC(=O)OCC2c3ccccc3-c3ccccc32)C2CCNCC2)c2cc(Cc3ccc(F)cc3)c(=O)[nH]c21.Cl. The zero-order chi connectivity index (χ0) is 32.7. The van der Waals surface area contributed by atoms with Crippen LogP contribution in [0.25, 0.3) is 11.1 Å². The van der Waals surface area contributed by atoms with E-state index >= 15 is 0 Å². The quantitative estimate of drug-likeness (QED) is 0.222. The third-order valence-corrected chi connectivity index (χ3v) is 9.93. The van der Waals surface area contributed by atoms with E-state index in [9.17, 15) is 18.8 Å². The number of nitrogens with one attached hydrogen (secondary N) is 3. The maximum Gasteiger partial charge on any atom is 0.407 e. The predicted molar refractivity (Wildman–Crippen MR) is 186 cm³/mol. The number of benzene rings is 3. The molecule has 1 saturated heterocycles. The molecule has 1 fully saturated rings. The number of hydrogen-bond acceptors (Lipinski definition) is 5. The molecule has 2 amide bonds. The molecule has 1 aromatic heterocycles. The topological polar surface area (TPSA) is 104 Å². The lowest BCUT2D eigenvalue weighted by Gasteiger charge is -2.33. The fourth-order valence-corrected chi connectivity index (χ4v) is 7.49. The molecule has 48 heavy (non-hydrogen) atoms. The number of carbonyl (C=O) groups is 2. The van der Waals surface area contributed by atoms with Crippen molar-refractivity contribution in [2.45, 2.75) is 50.5 Å². The maximum absolute atomic E-state index is 14.5. The first-order chi connectivity index (χ1) is 22.7. The van der Waals surface area contributed by atoms with Crippen LogP contribution in [0.15, 0.2) is 83.7 Å². The lowest BCUT2D eigenvalue weighted by atomic mass is 9.89. The Bertz CT molecular complexity index is 1840. The summed E-state index contributed by atoms with van der Waals surface area (Å²) in [4.78, 5) is 45.9. The van der Waals surface area contributed by atoms with Gasteiger partial charge in [0.2, 0.25) is 5.91 Å². The van der Waals surface area contributed by atoms with Gasteiger partial charge in [-0.05, 0) is 77.9 Å². The number of carbonyl (C=O) groups excluding carboxylic acids is 2. The Hall–Kier alpha value is -4.47. The van der Waals surface area contributed by atoms with Crippen molar-refractivity contribution in [3.8, 4) is 11.1 Å². The highest BCUT2D eigenvalue weighted by Crippen LogP contribution is 2.44. The number of halogens is 2. The molecule has 3 N–H and O–H groups in total. The molecule has 3 aromatic carbocycles. The summed E-state index contributed by atoms with van der Waals surface area (Å²) in [7, 11) is 0. The number of rotatable bonds is 7. The van der Waals surface area contributed by atoms with Crippen LogP contribution < -0.4 is 21.1 Å². The first kappa shape index (κ1) is 33.4. The van der Waals surface area contributed by atoms with E-state index in [0.717, 1.165) is 53.7 Å². The van der Waals surface area contributed by atoms with Gasteiger partial charge in [-0.25, -0.2) is 9.18 Å². The number of fused-ring (bicyclic) bond motifs is 4. The normalized spacial score (nSPS) is 17.1.